The van der Waals surface area contributed by atoms with Gasteiger partial charge in [-0.3, -0.25) is 4.79 Å². The largest absolute Gasteiger partial charge is 0.476 e. The molecule has 1 N–H and O–H groups in total. The van der Waals surface area contributed by atoms with Crippen LogP contribution in [0.3, 0.4) is 0 Å². The van der Waals surface area contributed by atoms with E-state index in [4.69, 9.17) is 14.1 Å². The lowest BCUT2D eigenvalue weighted by atomic mass is 9.83. The summed E-state index contributed by atoms with van der Waals surface area (Å²) in [7, 11) is 0. The molecule has 1 saturated carbocycles. The van der Waals surface area contributed by atoms with Crippen molar-refractivity contribution < 1.29 is 23.8 Å². The van der Waals surface area contributed by atoms with Crippen LogP contribution < -0.4 is 0 Å². The molecule has 10 nitrogen and oxygen atoms in total. The first-order valence-electron chi connectivity index (χ1n) is 15.5. The summed E-state index contributed by atoms with van der Waals surface area (Å²) in [6.07, 6.45) is 6.74. The molecule has 1 amide bonds. The van der Waals surface area contributed by atoms with Gasteiger partial charge in [-0.05, 0) is 68.0 Å². The monoisotopic (exact) mass is 625 g/mol. The molecular weight excluding hydrogens is 590 g/mol. The number of benzene rings is 1. The van der Waals surface area contributed by atoms with E-state index in [0.29, 0.717) is 37.9 Å². The van der Waals surface area contributed by atoms with Gasteiger partial charge in [-0.15, -0.1) is 11.3 Å². The molecule has 2 fully saturated rings. The summed E-state index contributed by atoms with van der Waals surface area (Å²) in [5.41, 5.74) is 6.23. The maximum atomic E-state index is 13.7. The van der Waals surface area contributed by atoms with Gasteiger partial charge in [-0.1, -0.05) is 31.4 Å². The highest BCUT2D eigenvalue weighted by Crippen LogP contribution is 2.43. The maximum absolute atomic E-state index is 13.7. The predicted octanol–water partition coefficient (Wildman–Crippen LogP) is 6.70. The average molecular weight is 626 g/mol. The van der Waals surface area contributed by atoms with Gasteiger partial charge in [0.05, 0.1) is 45.7 Å². The second-order valence-electron chi connectivity index (χ2n) is 11.8. The van der Waals surface area contributed by atoms with Crippen LogP contribution in [0.1, 0.15) is 64.8 Å². The van der Waals surface area contributed by atoms with E-state index < -0.39 is 5.97 Å². The van der Waals surface area contributed by atoms with Crippen molar-refractivity contribution in [3.63, 3.8) is 0 Å². The predicted molar refractivity (Wildman–Crippen MR) is 171 cm³/mol. The molecule has 1 aliphatic carbocycles. The Balaban J connectivity index is 1.38. The molecule has 5 aromatic rings. The Morgan fingerprint density at radius 3 is 2.51 bits per heavy atom. The van der Waals surface area contributed by atoms with E-state index in [0.717, 1.165) is 80.9 Å². The van der Waals surface area contributed by atoms with Crippen molar-refractivity contribution in [1.82, 2.24) is 24.4 Å². The number of amides is 1. The van der Waals surface area contributed by atoms with Crippen molar-refractivity contribution in [3.05, 3.63) is 64.6 Å². The molecule has 0 atom stereocenters. The van der Waals surface area contributed by atoms with Crippen LogP contribution in [0, 0.1) is 13.8 Å². The van der Waals surface area contributed by atoms with Gasteiger partial charge in [0.15, 0.2) is 5.69 Å². The lowest BCUT2D eigenvalue weighted by molar-refractivity contribution is -0.135. The van der Waals surface area contributed by atoms with Crippen LogP contribution in [0.5, 0.6) is 0 Å². The minimum Gasteiger partial charge on any atom is -0.476 e. The van der Waals surface area contributed by atoms with Crippen molar-refractivity contribution in [2.75, 3.05) is 26.3 Å². The van der Waals surface area contributed by atoms with Crippen LogP contribution in [-0.4, -0.2) is 67.7 Å². The minimum atomic E-state index is -1.16. The van der Waals surface area contributed by atoms with E-state index >= 15 is 0 Å². The van der Waals surface area contributed by atoms with Gasteiger partial charge in [-0.2, -0.15) is 0 Å². The third kappa shape index (κ3) is 5.78. The number of carbonyl (C=O) groups is 2. The molecule has 0 unspecified atom stereocenters. The Morgan fingerprint density at radius 2 is 1.80 bits per heavy atom. The van der Waals surface area contributed by atoms with E-state index in [1.54, 1.807) is 11.3 Å². The van der Waals surface area contributed by atoms with E-state index in [1.165, 1.54) is 6.42 Å². The van der Waals surface area contributed by atoms with Gasteiger partial charge in [0.25, 0.3) is 0 Å². The summed E-state index contributed by atoms with van der Waals surface area (Å²) < 4.78 is 13.2. The second kappa shape index (κ2) is 12.2. The van der Waals surface area contributed by atoms with E-state index in [9.17, 15) is 14.7 Å². The first-order chi connectivity index (χ1) is 21.9. The summed E-state index contributed by atoms with van der Waals surface area (Å²) >= 11 is 1.64. The number of ether oxygens (including phenoxy) is 1. The number of aryl methyl sites for hydroxylation is 2. The third-order valence-electron chi connectivity index (χ3n) is 8.87. The molecule has 1 saturated heterocycles. The maximum Gasteiger partial charge on any atom is 0.357 e. The Kier molecular flexibility index (Phi) is 7.97. The number of pyridine rings is 1. The molecular formula is C34H35N5O5S. The number of morpholine rings is 1. The Bertz CT molecular complexity index is 1890. The second-order valence-corrected chi connectivity index (χ2v) is 13.0. The number of nitrogens with zero attached hydrogens (tertiary/aromatic N) is 5. The summed E-state index contributed by atoms with van der Waals surface area (Å²) in [6.45, 7) is 6.17. The number of aromatic carboxylic acids is 1. The number of aromatic nitrogens is 4. The van der Waals surface area contributed by atoms with E-state index in [-0.39, 0.29) is 24.0 Å². The van der Waals surface area contributed by atoms with Crippen molar-refractivity contribution in [2.24, 2.45) is 0 Å². The van der Waals surface area contributed by atoms with Gasteiger partial charge >= 0.3 is 5.97 Å². The fraction of sp³-hybridized carbons (Fsp3) is 0.382. The topological polar surface area (TPSA) is 124 Å². The number of fused-ring (bicyclic) bond motifs is 1. The number of hydrogen-bond donors (Lipinski definition) is 1. The zero-order valence-corrected chi connectivity index (χ0v) is 26.2. The SMILES string of the molecule is Cc1nc(C)c(-c2ccc3cc(-c4c(C5CCCCC5)cc(-c5nc(C(=O)O)co5)n4CC(=O)N4CCOCC4)ccc3n2)s1. The van der Waals surface area contributed by atoms with Crippen LogP contribution in [0.25, 0.3) is 44.3 Å². The number of rotatable bonds is 7. The summed E-state index contributed by atoms with van der Waals surface area (Å²) in [5.74, 6) is -0.702. The van der Waals surface area contributed by atoms with Crippen molar-refractivity contribution in [1.29, 1.82) is 0 Å². The Hall–Kier alpha value is -4.35. The number of hydrogen-bond acceptors (Lipinski definition) is 8. The molecule has 5 heterocycles. The zero-order chi connectivity index (χ0) is 31.1. The van der Waals surface area contributed by atoms with Crippen molar-refractivity contribution in [2.45, 2.75) is 58.4 Å². The molecule has 7 rings (SSSR count). The first kappa shape index (κ1) is 29.4. The highest BCUT2D eigenvalue weighted by atomic mass is 32.1. The standard InChI is InChI=1S/C34H35N5O5S/c1-20-32(45-21(2)35-20)27-11-8-23-16-24(9-10-26(23)36-27)31-25(22-6-4-3-5-7-22)17-29(33-37-28(19-44-33)34(41)42)39(31)18-30(40)38-12-14-43-15-13-38/h8-11,16-17,19,22H,3-7,12-15,18H2,1-2H3,(H,41,42). The van der Waals surface area contributed by atoms with Crippen molar-refractivity contribution >= 4 is 34.1 Å². The fourth-order valence-corrected chi connectivity index (χ4v) is 7.55. The summed E-state index contributed by atoms with van der Waals surface area (Å²) in [5, 5.41) is 11.6. The molecule has 0 spiro atoms. The lowest BCUT2D eigenvalue weighted by Gasteiger charge is -2.28. The van der Waals surface area contributed by atoms with Gasteiger partial charge < -0.3 is 23.7 Å². The highest BCUT2D eigenvalue weighted by molar-refractivity contribution is 7.15. The fourth-order valence-electron chi connectivity index (χ4n) is 6.66. The number of oxazole rings is 1. The molecule has 11 heteroatoms. The molecule has 4 aromatic heterocycles. The Labute approximate surface area is 264 Å². The van der Waals surface area contributed by atoms with Gasteiger partial charge in [0.2, 0.25) is 11.8 Å². The molecule has 1 aliphatic heterocycles. The lowest BCUT2D eigenvalue weighted by Crippen LogP contribution is -2.42. The first-order valence-corrected chi connectivity index (χ1v) is 16.3. The smallest absolute Gasteiger partial charge is 0.357 e. The quantitative estimate of drug-likeness (QED) is 0.212. The average Bonchev–Trinajstić information content (AvgIpc) is 3.78. The number of carboxylic acid groups (broad SMARTS) is 1. The van der Waals surface area contributed by atoms with Crippen LogP contribution in [0.4, 0.5) is 0 Å². The molecule has 2 aliphatic rings. The highest BCUT2D eigenvalue weighted by Gasteiger charge is 2.29. The summed E-state index contributed by atoms with van der Waals surface area (Å²) in [4.78, 5) is 42.2. The molecule has 45 heavy (non-hydrogen) atoms. The zero-order valence-electron chi connectivity index (χ0n) is 25.4. The molecule has 1 aromatic carbocycles. The Morgan fingerprint density at radius 1 is 1.00 bits per heavy atom. The molecule has 0 bridgehead atoms. The van der Waals surface area contributed by atoms with E-state index in [2.05, 4.69) is 34.2 Å². The van der Waals surface area contributed by atoms with Crippen molar-refractivity contribution in [3.8, 4) is 33.4 Å². The normalized spacial score (nSPS) is 16.0. The third-order valence-corrected chi connectivity index (χ3v) is 9.97. The van der Waals surface area contributed by atoms with E-state index in [1.807, 2.05) is 35.4 Å². The minimum absolute atomic E-state index is 0.0288. The number of carboxylic acids is 1. The number of thiazole rings is 1. The van der Waals surface area contributed by atoms with Gasteiger partial charge in [0.1, 0.15) is 18.5 Å². The van der Waals surface area contributed by atoms with Crippen LogP contribution in [-0.2, 0) is 16.1 Å². The van der Waals surface area contributed by atoms with Gasteiger partial charge in [0, 0.05) is 18.5 Å². The van der Waals surface area contributed by atoms with Gasteiger partial charge in [-0.25, -0.2) is 19.7 Å². The van der Waals surface area contributed by atoms with Crippen LogP contribution in [0.15, 0.2) is 47.1 Å². The molecule has 0 radical (unpaired) electrons. The molecule has 232 valence electrons. The summed E-state index contributed by atoms with van der Waals surface area (Å²) in [6, 6.07) is 12.4. The van der Waals surface area contributed by atoms with Crippen LogP contribution >= 0.6 is 11.3 Å². The number of carbonyl (C=O) groups excluding carboxylic acids is 1. The van der Waals surface area contributed by atoms with Crippen LogP contribution in [0.2, 0.25) is 0 Å².